The van der Waals surface area contributed by atoms with E-state index >= 15 is 0 Å². The first kappa shape index (κ1) is 16.3. The first-order valence-electron chi connectivity index (χ1n) is 9.05. The summed E-state index contributed by atoms with van der Waals surface area (Å²) >= 11 is 0. The van der Waals surface area contributed by atoms with Crippen LogP contribution in [0.2, 0.25) is 0 Å². The second-order valence-corrected chi connectivity index (χ2v) is 7.11. The predicted molar refractivity (Wildman–Crippen MR) is 94.8 cm³/mol. The number of carbonyl (C=O) groups excluding carboxylic acids is 1. The molecule has 0 saturated carbocycles. The Morgan fingerprint density at radius 1 is 1.13 bits per heavy atom. The largest absolute Gasteiger partial charge is 0.372 e. The lowest BCUT2D eigenvalue weighted by atomic mass is 9.92. The zero-order valence-corrected chi connectivity index (χ0v) is 14.2. The fourth-order valence-corrected chi connectivity index (χ4v) is 3.88. The highest BCUT2D eigenvalue weighted by Gasteiger charge is 2.29. The number of rotatable bonds is 3. The molecule has 2 N–H and O–H groups in total. The maximum atomic E-state index is 12.8. The molecule has 0 spiro atoms. The standard InChI is InChI=1S/C19H29N3O/c1-15-9-12-22(18(13-15)14-20)19(23)16-5-7-17(8-6-16)21-10-3-2-4-11-21/h5-8,15,18H,2-4,9-14,20H2,1H3. The van der Waals surface area contributed by atoms with Crippen molar-refractivity contribution in [3.05, 3.63) is 29.8 Å². The summed E-state index contributed by atoms with van der Waals surface area (Å²) in [6.07, 6.45) is 5.97. The van der Waals surface area contributed by atoms with Gasteiger partial charge in [-0.15, -0.1) is 0 Å². The summed E-state index contributed by atoms with van der Waals surface area (Å²) in [6, 6.07) is 8.36. The Balaban J connectivity index is 1.69. The van der Waals surface area contributed by atoms with E-state index in [1.807, 2.05) is 17.0 Å². The minimum Gasteiger partial charge on any atom is -0.372 e. The Morgan fingerprint density at radius 2 is 1.83 bits per heavy atom. The van der Waals surface area contributed by atoms with Crippen LogP contribution in [0.25, 0.3) is 0 Å². The normalized spacial score (nSPS) is 25.5. The number of amides is 1. The Kier molecular flexibility index (Phi) is 5.21. The van der Waals surface area contributed by atoms with E-state index in [4.69, 9.17) is 5.73 Å². The van der Waals surface area contributed by atoms with E-state index in [1.165, 1.54) is 24.9 Å². The van der Waals surface area contributed by atoms with E-state index in [1.54, 1.807) is 0 Å². The van der Waals surface area contributed by atoms with Crippen LogP contribution in [0.1, 0.15) is 49.4 Å². The van der Waals surface area contributed by atoms with Crippen molar-refractivity contribution in [2.75, 3.05) is 31.1 Å². The van der Waals surface area contributed by atoms with Crippen molar-refractivity contribution in [3.8, 4) is 0 Å². The van der Waals surface area contributed by atoms with E-state index in [0.29, 0.717) is 12.5 Å². The molecular formula is C19H29N3O. The predicted octanol–water partition coefficient (Wildman–Crippen LogP) is 2.88. The van der Waals surface area contributed by atoms with Crippen molar-refractivity contribution < 1.29 is 4.79 Å². The summed E-state index contributed by atoms with van der Waals surface area (Å²) in [5.41, 5.74) is 7.92. The molecular weight excluding hydrogens is 286 g/mol. The lowest BCUT2D eigenvalue weighted by molar-refractivity contribution is 0.0573. The number of piperidine rings is 2. The van der Waals surface area contributed by atoms with Gasteiger partial charge in [0.05, 0.1) is 0 Å². The molecule has 0 radical (unpaired) electrons. The molecule has 0 aliphatic carbocycles. The number of likely N-dealkylation sites (tertiary alicyclic amines) is 1. The van der Waals surface area contributed by atoms with Gasteiger partial charge < -0.3 is 15.5 Å². The van der Waals surface area contributed by atoms with Gasteiger partial charge >= 0.3 is 0 Å². The van der Waals surface area contributed by atoms with Gasteiger partial charge in [0.15, 0.2) is 0 Å². The molecule has 4 nitrogen and oxygen atoms in total. The van der Waals surface area contributed by atoms with E-state index in [9.17, 15) is 4.79 Å². The summed E-state index contributed by atoms with van der Waals surface area (Å²) in [6.45, 7) is 5.90. The average Bonchev–Trinajstić information content (AvgIpc) is 2.62. The number of hydrogen-bond donors (Lipinski definition) is 1. The molecule has 2 aliphatic rings. The summed E-state index contributed by atoms with van der Waals surface area (Å²) < 4.78 is 0. The summed E-state index contributed by atoms with van der Waals surface area (Å²) in [7, 11) is 0. The first-order valence-corrected chi connectivity index (χ1v) is 9.05. The Hall–Kier alpha value is -1.55. The van der Waals surface area contributed by atoms with Crippen LogP contribution in [0.15, 0.2) is 24.3 Å². The zero-order valence-electron chi connectivity index (χ0n) is 14.2. The molecule has 4 heteroatoms. The monoisotopic (exact) mass is 315 g/mol. The van der Waals surface area contributed by atoms with Gasteiger partial charge in [-0.2, -0.15) is 0 Å². The van der Waals surface area contributed by atoms with Crippen molar-refractivity contribution in [1.82, 2.24) is 4.90 Å². The third kappa shape index (κ3) is 3.69. The van der Waals surface area contributed by atoms with Gasteiger partial charge in [0, 0.05) is 43.5 Å². The summed E-state index contributed by atoms with van der Waals surface area (Å²) in [4.78, 5) is 17.2. The van der Waals surface area contributed by atoms with Crippen LogP contribution in [-0.4, -0.2) is 43.0 Å². The van der Waals surface area contributed by atoms with Crippen LogP contribution in [0, 0.1) is 5.92 Å². The molecule has 23 heavy (non-hydrogen) atoms. The van der Waals surface area contributed by atoms with Crippen molar-refractivity contribution in [1.29, 1.82) is 0 Å². The molecule has 0 bridgehead atoms. The van der Waals surface area contributed by atoms with Gasteiger partial charge in [0.1, 0.15) is 0 Å². The summed E-state index contributed by atoms with van der Waals surface area (Å²) in [5, 5.41) is 0. The van der Waals surface area contributed by atoms with Gasteiger partial charge in [-0.1, -0.05) is 6.92 Å². The number of nitrogens with two attached hydrogens (primary N) is 1. The van der Waals surface area contributed by atoms with E-state index in [2.05, 4.69) is 24.0 Å². The Bertz CT molecular complexity index is 522. The first-order chi connectivity index (χ1) is 11.2. The highest BCUT2D eigenvalue weighted by atomic mass is 16.2. The number of hydrogen-bond acceptors (Lipinski definition) is 3. The van der Waals surface area contributed by atoms with E-state index < -0.39 is 0 Å². The number of carbonyl (C=O) groups is 1. The molecule has 0 aromatic heterocycles. The molecule has 2 aliphatic heterocycles. The van der Waals surface area contributed by atoms with Crippen molar-refractivity contribution in [2.45, 2.75) is 45.1 Å². The van der Waals surface area contributed by atoms with Crippen LogP contribution in [0.4, 0.5) is 5.69 Å². The van der Waals surface area contributed by atoms with Crippen molar-refractivity contribution in [2.24, 2.45) is 11.7 Å². The van der Waals surface area contributed by atoms with Crippen LogP contribution < -0.4 is 10.6 Å². The maximum Gasteiger partial charge on any atom is 0.254 e. The van der Waals surface area contributed by atoms with Gasteiger partial charge in [-0.25, -0.2) is 0 Å². The lowest BCUT2D eigenvalue weighted by Gasteiger charge is -2.38. The molecule has 2 heterocycles. The SMILES string of the molecule is CC1CCN(C(=O)c2ccc(N3CCCCC3)cc2)C(CN)C1. The topological polar surface area (TPSA) is 49.6 Å². The molecule has 2 atom stereocenters. The van der Waals surface area contributed by atoms with Crippen molar-refractivity contribution in [3.63, 3.8) is 0 Å². The highest BCUT2D eigenvalue weighted by molar-refractivity contribution is 5.94. The van der Waals surface area contributed by atoms with Crippen LogP contribution in [0.3, 0.4) is 0 Å². The second kappa shape index (κ2) is 7.35. The molecule has 3 rings (SSSR count). The molecule has 2 saturated heterocycles. The van der Waals surface area contributed by atoms with Crippen molar-refractivity contribution >= 4 is 11.6 Å². The fourth-order valence-electron chi connectivity index (χ4n) is 3.88. The van der Waals surface area contributed by atoms with Gasteiger partial charge in [0.2, 0.25) is 0 Å². The second-order valence-electron chi connectivity index (χ2n) is 7.11. The lowest BCUT2D eigenvalue weighted by Crippen LogP contribution is -2.49. The number of nitrogens with zero attached hydrogens (tertiary/aromatic N) is 2. The molecule has 126 valence electrons. The quantitative estimate of drug-likeness (QED) is 0.933. The third-order valence-electron chi connectivity index (χ3n) is 5.35. The highest BCUT2D eigenvalue weighted by Crippen LogP contribution is 2.25. The molecule has 1 aromatic rings. The molecule has 2 unspecified atom stereocenters. The summed E-state index contributed by atoms with van der Waals surface area (Å²) in [5.74, 6) is 0.798. The Labute approximate surface area is 139 Å². The zero-order chi connectivity index (χ0) is 16.2. The van der Waals surface area contributed by atoms with E-state index in [-0.39, 0.29) is 11.9 Å². The maximum absolute atomic E-state index is 12.8. The number of benzene rings is 1. The smallest absolute Gasteiger partial charge is 0.254 e. The number of anilines is 1. The van der Waals surface area contributed by atoms with Crippen LogP contribution >= 0.6 is 0 Å². The van der Waals surface area contributed by atoms with Gasteiger partial charge in [-0.3, -0.25) is 4.79 Å². The molecule has 1 aromatic carbocycles. The van der Waals surface area contributed by atoms with Gasteiger partial charge in [0.25, 0.3) is 5.91 Å². The minimum atomic E-state index is 0.137. The average molecular weight is 315 g/mol. The van der Waals surface area contributed by atoms with Crippen LogP contribution in [-0.2, 0) is 0 Å². The third-order valence-corrected chi connectivity index (χ3v) is 5.35. The fraction of sp³-hybridized carbons (Fsp3) is 0.632. The Morgan fingerprint density at radius 3 is 2.48 bits per heavy atom. The molecule has 2 fully saturated rings. The van der Waals surface area contributed by atoms with Gasteiger partial charge in [-0.05, 0) is 62.3 Å². The minimum absolute atomic E-state index is 0.137. The van der Waals surface area contributed by atoms with E-state index in [0.717, 1.165) is 38.0 Å². The van der Waals surface area contributed by atoms with Crippen LogP contribution in [0.5, 0.6) is 0 Å². The molecule has 1 amide bonds.